The van der Waals surface area contributed by atoms with Crippen LogP contribution in [0.25, 0.3) is 11.1 Å². The quantitative estimate of drug-likeness (QED) is 0.590. The van der Waals surface area contributed by atoms with Crippen LogP contribution in [0.1, 0.15) is 17.0 Å². The molecule has 1 aliphatic carbocycles. The number of hydrogen-bond donors (Lipinski definition) is 1. The summed E-state index contributed by atoms with van der Waals surface area (Å²) >= 11 is 0. The molecule has 1 aliphatic rings. The summed E-state index contributed by atoms with van der Waals surface area (Å²) in [6, 6.07) is 16.6. The number of rotatable bonds is 11. The molecule has 0 saturated carbocycles. The highest BCUT2D eigenvalue weighted by Crippen LogP contribution is 2.44. The molecule has 0 spiro atoms. The van der Waals surface area contributed by atoms with Gasteiger partial charge in [-0.1, -0.05) is 48.5 Å². The summed E-state index contributed by atoms with van der Waals surface area (Å²) < 4.78 is 16.4. The standard InChI is InChI=1S/C23H30N2O4/c1-25(2)12-14-28-16-15-27-13-11-24-23(26)29-17-22-20-9-5-3-7-18(20)19-8-4-6-10-21(19)22/h3-10,22H,11-17H2,1-2H3,(H,24,26). The topological polar surface area (TPSA) is 60.0 Å². The van der Waals surface area contributed by atoms with Crippen LogP contribution in [0.15, 0.2) is 48.5 Å². The van der Waals surface area contributed by atoms with Gasteiger partial charge in [0, 0.05) is 19.0 Å². The van der Waals surface area contributed by atoms with Crippen molar-refractivity contribution >= 4 is 6.09 Å². The van der Waals surface area contributed by atoms with Gasteiger partial charge in [0.2, 0.25) is 0 Å². The minimum Gasteiger partial charge on any atom is -0.449 e. The molecule has 0 atom stereocenters. The Balaban J connectivity index is 1.34. The van der Waals surface area contributed by atoms with Gasteiger partial charge in [0.05, 0.1) is 26.4 Å². The van der Waals surface area contributed by atoms with Crippen molar-refractivity contribution in [1.82, 2.24) is 10.2 Å². The summed E-state index contributed by atoms with van der Waals surface area (Å²) in [6.07, 6.45) is -0.419. The molecule has 29 heavy (non-hydrogen) atoms. The first-order valence-electron chi connectivity index (χ1n) is 10.1. The molecule has 0 unspecified atom stereocenters. The minimum absolute atomic E-state index is 0.0729. The number of amides is 1. The average Bonchev–Trinajstić information content (AvgIpc) is 3.04. The van der Waals surface area contributed by atoms with Crippen molar-refractivity contribution in [2.75, 3.05) is 60.2 Å². The van der Waals surface area contributed by atoms with E-state index in [1.165, 1.54) is 22.3 Å². The van der Waals surface area contributed by atoms with E-state index in [1.807, 2.05) is 38.4 Å². The second-order valence-corrected chi connectivity index (χ2v) is 7.28. The highest BCUT2D eigenvalue weighted by atomic mass is 16.5. The average molecular weight is 399 g/mol. The van der Waals surface area contributed by atoms with E-state index in [0.717, 1.165) is 6.54 Å². The first-order valence-corrected chi connectivity index (χ1v) is 10.1. The lowest BCUT2D eigenvalue weighted by atomic mass is 9.98. The number of fused-ring (bicyclic) bond motifs is 3. The fourth-order valence-corrected chi connectivity index (χ4v) is 3.44. The van der Waals surface area contributed by atoms with Crippen molar-refractivity contribution < 1.29 is 19.0 Å². The molecule has 0 saturated heterocycles. The van der Waals surface area contributed by atoms with Crippen LogP contribution in [0, 0.1) is 0 Å². The van der Waals surface area contributed by atoms with Crippen molar-refractivity contribution in [1.29, 1.82) is 0 Å². The van der Waals surface area contributed by atoms with Gasteiger partial charge in [0.1, 0.15) is 6.61 Å². The zero-order valence-electron chi connectivity index (χ0n) is 17.2. The van der Waals surface area contributed by atoms with Gasteiger partial charge < -0.3 is 24.4 Å². The Bertz CT molecular complexity index is 748. The van der Waals surface area contributed by atoms with Crippen molar-refractivity contribution in [3.8, 4) is 11.1 Å². The lowest BCUT2D eigenvalue weighted by molar-refractivity contribution is 0.0433. The molecule has 0 radical (unpaired) electrons. The number of benzene rings is 2. The Morgan fingerprint density at radius 2 is 1.48 bits per heavy atom. The number of carbonyl (C=O) groups is 1. The predicted molar refractivity (Wildman–Crippen MR) is 113 cm³/mol. The molecule has 1 N–H and O–H groups in total. The first-order chi connectivity index (χ1) is 14.2. The fourth-order valence-electron chi connectivity index (χ4n) is 3.44. The second-order valence-electron chi connectivity index (χ2n) is 7.28. The normalized spacial score (nSPS) is 12.7. The molecule has 2 aromatic carbocycles. The summed E-state index contributed by atoms with van der Waals surface area (Å²) in [6.45, 7) is 3.81. The minimum atomic E-state index is -0.419. The number of hydrogen-bond acceptors (Lipinski definition) is 5. The number of nitrogens with zero attached hydrogens (tertiary/aromatic N) is 1. The number of nitrogens with one attached hydrogen (secondary N) is 1. The lowest BCUT2D eigenvalue weighted by Gasteiger charge is -2.14. The predicted octanol–water partition coefficient (Wildman–Crippen LogP) is 3.12. The van der Waals surface area contributed by atoms with E-state index in [0.29, 0.717) is 39.6 Å². The van der Waals surface area contributed by atoms with Crippen LogP contribution in [-0.4, -0.2) is 71.2 Å². The molecule has 156 valence electrons. The molecule has 2 aromatic rings. The molecular weight excluding hydrogens is 368 g/mol. The number of alkyl carbamates (subject to hydrolysis) is 1. The van der Waals surface area contributed by atoms with Crippen molar-refractivity contribution in [3.05, 3.63) is 59.7 Å². The van der Waals surface area contributed by atoms with Gasteiger partial charge in [-0.15, -0.1) is 0 Å². The molecule has 0 fully saturated rings. The molecular formula is C23H30N2O4. The lowest BCUT2D eigenvalue weighted by Crippen LogP contribution is -2.29. The zero-order chi connectivity index (χ0) is 20.5. The molecule has 3 rings (SSSR count). The van der Waals surface area contributed by atoms with Crippen LogP contribution in [0.5, 0.6) is 0 Å². The van der Waals surface area contributed by atoms with Crippen LogP contribution in [-0.2, 0) is 14.2 Å². The largest absolute Gasteiger partial charge is 0.449 e. The van der Waals surface area contributed by atoms with E-state index in [-0.39, 0.29) is 5.92 Å². The number of carbonyl (C=O) groups excluding carboxylic acids is 1. The number of ether oxygens (including phenoxy) is 3. The Hall–Kier alpha value is -2.41. The van der Waals surface area contributed by atoms with E-state index in [9.17, 15) is 4.79 Å². The maximum absolute atomic E-state index is 12.0. The smallest absolute Gasteiger partial charge is 0.407 e. The third-order valence-electron chi connectivity index (χ3n) is 4.91. The highest BCUT2D eigenvalue weighted by molar-refractivity contribution is 5.79. The molecule has 6 nitrogen and oxygen atoms in total. The zero-order valence-corrected chi connectivity index (χ0v) is 17.2. The van der Waals surface area contributed by atoms with Crippen LogP contribution in [0.2, 0.25) is 0 Å². The third-order valence-corrected chi connectivity index (χ3v) is 4.91. The molecule has 0 aliphatic heterocycles. The van der Waals surface area contributed by atoms with Gasteiger partial charge in [-0.05, 0) is 36.3 Å². The Morgan fingerprint density at radius 3 is 2.10 bits per heavy atom. The van der Waals surface area contributed by atoms with Gasteiger partial charge in [0.25, 0.3) is 0 Å². The van der Waals surface area contributed by atoms with Crippen LogP contribution >= 0.6 is 0 Å². The third kappa shape index (κ3) is 6.03. The van der Waals surface area contributed by atoms with E-state index in [4.69, 9.17) is 14.2 Å². The Morgan fingerprint density at radius 1 is 0.897 bits per heavy atom. The van der Waals surface area contributed by atoms with Crippen LogP contribution in [0.3, 0.4) is 0 Å². The van der Waals surface area contributed by atoms with Gasteiger partial charge in [-0.3, -0.25) is 0 Å². The second kappa shape index (κ2) is 11.0. The summed E-state index contributed by atoms with van der Waals surface area (Å²) in [4.78, 5) is 14.1. The summed E-state index contributed by atoms with van der Waals surface area (Å²) in [7, 11) is 4.02. The van der Waals surface area contributed by atoms with Crippen molar-refractivity contribution in [2.24, 2.45) is 0 Å². The van der Waals surface area contributed by atoms with Crippen LogP contribution < -0.4 is 5.32 Å². The monoisotopic (exact) mass is 398 g/mol. The Labute approximate surface area is 172 Å². The molecule has 1 amide bonds. The van der Waals surface area contributed by atoms with E-state index < -0.39 is 6.09 Å². The van der Waals surface area contributed by atoms with Gasteiger partial charge in [-0.25, -0.2) is 4.79 Å². The van der Waals surface area contributed by atoms with Gasteiger partial charge in [-0.2, -0.15) is 0 Å². The summed E-state index contributed by atoms with van der Waals surface area (Å²) in [5, 5.41) is 2.74. The van der Waals surface area contributed by atoms with Crippen LogP contribution in [0.4, 0.5) is 4.79 Å². The SMILES string of the molecule is CN(C)CCOCCOCCNC(=O)OCC1c2ccccc2-c2ccccc21. The highest BCUT2D eigenvalue weighted by Gasteiger charge is 2.28. The maximum atomic E-state index is 12.0. The maximum Gasteiger partial charge on any atom is 0.407 e. The summed E-state index contributed by atoms with van der Waals surface area (Å²) in [5.74, 6) is 0.0729. The van der Waals surface area contributed by atoms with Crippen molar-refractivity contribution in [2.45, 2.75) is 5.92 Å². The van der Waals surface area contributed by atoms with E-state index in [1.54, 1.807) is 0 Å². The van der Waals surface area contributed by atoms with Crippen molar-refractivity contribution in [3.63, 3.8) is 0 Å². The molecule has 6 heteroatoms. The summed E-state index contributed by atoms with van der Waals surface area (Å²) in [5.41, 5.74) is 4.86. The van der Waals surface area contributed by atoms with Gasteiger partial charge in [0.15, 0.2) is 0 Å². The molecule has 0 heterocycles. The molecule has 0 bridgehead atoms. The fraction of sp³-hybridized carbons (Fsp3) is 0.435. The molecule has 0 aromatic heterocycles. The van der Waals surface area contributed by atoms with E-state index in [2.05, 4.69) is 34.5 Å². The Kier molecular flexibility index (Phi) is 8.04. The van der Waals surface area contributed by atoms with Gasteiger partial charge >= 0.3 is 6.09 Å². The van der Waals surface area contributed by atoms with E-state index >= 15 is 0 Å². The first kappa shape index (κ1) is 21.3. The number of likely N-dealkylation sites (N-methyl/N-ethyl adjacent to an activating group) is 1.